The molecule has 10 nitrogen and oxygen atoms in total. The fraction of sp³-hybridized carbons (Fsp3) is 0.393. The molecule has 5 rings (SSSR count). The van der Waals surface area contributed by atoms with Gasteiger partial charge in [-0.3, -0.25) is 19.4 Å². The third-order valence-electron chi connectivity index (χ3n) is 6.83. The summed E-state index contributed by atoms with van der Waals surface area (Å²) in [6.45, 7) is 4.68. The molecule has 4 aromatic heterocycles. The van der Waals surface area contributed by atoms with Crippen molar-refractivity contribution >= 4 is 44.9 Å². The number of thiophene rings is 1. The van der Waals surface area contributed by atoms with Crippen LogP contribution in [0, 0.1) is 5.41 Å². The van der Waals surface area contributed by atoms with Crippen molar-refractivity contribution in [2.24, 2.45) is 0 Å². The fourth-order valence-electron chi connectivity index (χ4n) is 4.96. The topological polar surface area (TPSA) is 128 Å². The number of nitrogens with zero attached hydrogens (tertiary/aromatic N) is 3. The highest BCUT2D eigenvalue weighted by molar-refractivity contribution is 7.17. The predicted molar refractivity (Wildman–Crippen MR) is 149 cm³/mol. The molecule has 11 heteroatoms. The Morgan fingerprint density at radius 2 is 2.03 bits per heavy atom. The van der Waals surface area contributed by atoms with Crippen molar-refractivity contribution in [2.45, 2.75) is 58.6 Å². The third-order valence-corrected chi connectivity index (χ3v) is 8.04. The number of aromatic nitrogens is 3. The SMILES string of the molecule is COC(=O)c1c(NC(=O)c2cc3c(=O)n4ccccc4nc3n(CCCOC(C)C)c2=N)sc2c1CCCC2. The van der Waals surface area contributed by atoms with Crippen LogP contribution in [0.3, 0.4) is 0 Å². The highest BCUT2D eigenvalue weighted by Gasteiger charge is 2.28. The lowest BCUT2D eigenvalue weighted by Gasteiger charge is -2.15. The molecule has 0 unspecified atom stereocenters. The summed E-state index contributed by atoms with van der Waals surface area (Å²) in [5, 5.41) is 12.4. The minimum absolute atomic E-state index is 0.0178. The molecule has 1 aliphatic carbocycles. The minimum atomic E-state index is -0.574. The van der Waals surface area contributed by atoms with Gasteiger partial charge in [-0.15, -0.1) is 11.3 Å². The monoisotopic (exact) mass is 549 g/mol. The Morgan fingerprint density at radius 3 is 2.79 bits per heavy atom. The Morgan fingerprint density at radius 1 is 1.23 bits per heavy atom. The van der Waals surface area contributed by atoms with Crippen LogP contribution in [0.2, 0.25) is 0 Å². The molecule has 0 spiro atoms. The molecular formula is C28H31N5O5S. The number of rotatable bonds is 8. The van der Waals surface area contributed by atoms with Gasteiger partial charge in [0, 0.05) is 24.2 Å². The van der Waals surface area contributed by atoms with Crippen molar-refractivity contribution in [3.63, 3.8) is 0 Å². The van der Waals surface area contributed by atoms with Gasteiger partial charge in [-0.25, -0.2) is 9.78 Å². The number of fused-ring (bicyclic) bond motifs is 3. The van der Waals surface area contributed by atoms with Crippen LogP contribution in [-0.4, -0.2) is 45.6 Å². The Bertz CT molecular complexity index is 1700. The smallest absolute Gasteiger partial charge is 0.341 e. The van der Waals surface area contributed by atoms with Crippen LogP contribution in [0.4, 0.5) is 5.00 Å². The van der Waals surface area contributed by atoms with Crippen LogP contribution < -0.4 is 16.4 Å². The van der Waals surface area contributed by atoms with Crippen molar-refractivity contribution in [1.29, 1.82) is 5.41 Å². The first-order valence-corrected chi connectivity index (χ1v) is 13.9. The van der Waals surface area contributed by atoms with Gasteiger partial charge in [-0.05, 0) is 69.7 Å². The largest absolute Gasteiger partial charge is 0.465 e. The maximum atomic E-state index is 13.7. The van der Waals surface area contributed by atoms with Gasteiger partial charge >= 0.3 is 5.97 Å². The number of methoxy groups -OCH3 is 1. The van der Waals surface area contributed by atoms with E-state index < -0.39 is 11.9 Å². The number of pyridine rings is 2. The number of carbonyl (C=O) groups excluding carboxylic acids is 2. The number of hydrogen-bond acceptors (Lipinski definition) is 8. The molecular weight excluding hydrogens is 518 g/mol. The minimum Gasteiger partial charge on any atom is -0.465 e. The molecule has 0 aliphatic heterocycles. The molecule has 0 bridgehead atoms. The molecule has 2 N–H and O–H groups in total. The van der Waals surface area contributed by atoms with E-state index in [9.17, 15) is 14.4 Å². The molecule has 4 heterocycles. The molecule has 1 amide bonds. The zero-order valence-corrected chi connectivity index (χ0v) is 23.0. The summed E-state index contributed by atoms with van der Waals surface area (Å²) in [4.78, 5) is 45.5. The second-order valence-corrected chi connectivity index (χ2v) is 10.9. The van der Waals surface area contributed by atoms with Crippen LogP contribution in [0.15, 0.2) is 35.3 Å². The third kappa shape index (κ3) is 5.11. The van der Waals surface area contributed by atoms with Crippen molar-refractivity contribution in [2.75, 3.05) is 19.0 Å². The Kier molecular flexibility index (Phi) is 7.62. The predicted octanol–water partition coefficient (Wildman–Crippen LogP) is 3.92. The number of nitrogens with one attached hydrogen (secondary N) is 2. The standard InChI is InChI=1S/C28H31N5O5S/c1-16(2)38-14-8-13-33-23(29)18(15-19-24(33)30-21-11-6-7-12-32(21)27(19)35)25(34)31-26-22(28(36)37-3)17-9-4-5-10-20(17)39-26/h6-7,11-12,15-16,29H,4-5,8-10,13-14H2,1-3H3,(H,31,34). The number of hydrogen-bond donors (Lipinski definition) is 2. The zero-order valence-electron chi connectivity index (χ0n) is 22.2. The average molecular weight is 550 g/mol. The van der Waals surface area contributed by atoms with Crippen LogP contribution in [0.5, 0.6) is 0 Å². The zero-order chi connectivity index (χ0) is 27.7. The van der Waals surface area contributed by atoms with E-state index in [1.807, 2.05) is 13.8 Å². The number of ether oxygens (including phenoxy) is 2. The van der Waals surface area contributed by atoms with E-state index in [-0.39, 0.29) is 28.1 Å². The lowest BCUT2D eigenvalue weighted by Crippen LogP contribution is -2.32. The van der Waals surface area contributed by atoms with E-state index in [0.29, 0.717) is 41.4 Å². The van der Waals surface area contributed by atoms with Crippen molar-refractivity contribution in [3.05, 3.63) is 67.9 Å². The van der Waals surface area contributed by atoms with E-state index in [0.717, 1.165) is 36.1 Å². The Labute approximate surface area is 228 Å². The van der Waals surface area contributed by atoms with E-state index >= 15 is 0 Å². The molecule has 4 aromatic rings. The van der Waals surface area contributed by atoms with Crippen molar-refractivity contribution in [3.8, 4) is 0 Å². The molecule has 0 saturated heterocycles. The summed E-state index contributed by atoms with van der Waals surface area (Å²) in [5.41, 5.74) is 1.70. The first-order valence-electron chi connectivity index (χ1n) is 13.1. The number of carbonyl (C=O) groups is 2. The van der Waals surface area contributed by atoms with Crippen LogP contribution in [0.1, 0.15) is 64.3 Å². The molecule has 204 valence electrons. The summed E-state index contributed by atoms with van der Waals surface area (Å²) in [7, 11) is 1.32. The van der Waals surface area contributed by atoms with Gasteiger partial charge in [0.05, 0.1) is 29.7 Å². The number of esters is 1. The summed E-state index contributed by atoms with van der Waals surface area (Å²) < 4.78 is 13.7. The lowest BCUT2D eigenvalue weighted by atomic mass is 9.95. The normalized spacial score (nSPS) is 13.1. The summed E-state index contributed by atoms with van der Waals surface area (Å²) in [6, 6.07) is 6.67. The molecule has 0 aromatic carbocycles. The van der Waals surface area contributed by atoms with Gasteiger partial charge in [0.1, 0.15) is 21.8 Å². The van der Waals surface area contributed by atoms with Gasteiger partial charge < -0.3 is 19.4 Å². The van der Waals surface area contributed by atoms with Crippen molar-refractivity contribution < 1.29 is 19.1 Å². The van der Waals surface area contributed by atoms with Gasteiger partial charge in [0.15, 0.2) is 0 Å². The fourth-order valence-corrected chi connectivity index (χ4v) is 6.23. The highest BCUT2D eigenvalue weighted by Crippen LogP contribution is 2.38. The summed E-state index contributed by atoms with van der Waals surface area (Å²) in [6.07, 6.45) is 5.83. The van der Waals surface area contributed by atoms with Gasteiger partial charge in [0.25, 0.3) is 11.5 Å². The summed E-state index contributed by atoms with van der Waals surface area (Å²) >= 11 is 1.37. The van der Waals surface area contributed by atoms with E-state index in [1.54, 1.807) is 29.0 Å². The lowest BCUT2D eigenvalue weighted by molar-refractivity contribution is 0.0601. The van der Waals surface area contributed by atoms with Gasteiger partial charge in [0.2, 0.25) is 0 Å². The number of aryl methyl sites for hydroxylation is 2. The van der Waals surface area contributed by atoms with Crippen LogP contribution in [0.25, 0.3) is 16.7 Å². The average Bonchev–Trinajstić information content (AvgIpc) is 3.29. The van der Waals surface area contributed by atoms with Crippen molar-refractivity contribution in [1.82, 2.24) is 14.0 Å². The molecule has 1 aliphatic rings. The summed E-state index contributed by atoms with van der Waals surface area (Å²) in [5.74, 6) is -1.07. The molecule has 0 atom stereocenters. The number of amides is 1. The molecule has 0 radical (unpaired) electrons. The first kappa shape index (κ1) is 26.8. The van der Waals surface area contributed by atoms with Gasteiger partial charge in [-0.1, -0.05) is 6.07 Å². The van der Waals surface area contributed by atoms with Gasteiger partial charge in [-0.2, -0.15) is 0 Å². The van der Waals surface area contributed by atoms with E-state index in [1.165, 1.54) is 28.9 Å². The molecule has 0 fully saturated rings. The number of anilines is 1. The molecule has 0 saturated carbocycles. The van der Waals surface area contributed by atoms with Crippen LogP contribution >= 0.6 is 11.3 Å². The first-order chi connectivity index (χ1) is 18.8. The Hall–Kier alpha value is -3.83. The van der Waals surface area contributed by atoms with E-state index in [4.69, 9.17) is 14.9 Å². The van der Waals surface area contributed by atoms with Crippen LogP contribution in [-0.2, 0) is 28.9 Å². The van der Waals surface area contributed by atoms with E-state index in [2.05, 4.69) is 10.3 Å². The molecule has 39 heavy (non-hydrogen) atoms. The Balaban J connectivity index is 1.61. The highest BCUT2D eigenvalue weighted by atomic mass is 32.1. The quantitative estimate of drug-likeness (QED) is 0.195. The maximum absolute atomic E-state index is 13.7. The second kappa shape index (κ2) is 11.1. The maximum Gasteiger partial charge on any atom is 0.341 e. The second-order valence-electron chi connectivity index (χ2n) is 9.78.